The first-order valence-corrected chi connectivity index (χ1v) is 6.46. The number of hydrogen-bond donors (Lipinski definition) is 3. The quantitative estimate of drug-likeness (QED) is 0.567. The van der Waals surface area contributed by atoms with Crippen molar-refractivity contribution in [2.24, 2.45) is 7.05 Å². The van der Waals surface area contributed by atoms with Crippen LogP contribution in [0.5, 0.6) is 0 Å². The lowest BCUT2D eigenvalue weighted by Crippen LogP contribution is -2.29. The SMILES string of the molecule is Cn1ncc2ncnc(NCc3ccc(B(O)O)cc3)c21. The summed E-state index contributed by atoms with van der Waals surface area (Å²) in [5.74, 6) is 0.714. The molecule has 2 aromatic heterocycles. The van der Waals surface area contributed by atoms with E-state index in [0.717, 1.165) is 16.6 Å². The molecule has 8 heteroatoms. The fourth-order valence-electron chi connectivity index (χ4n) is 2.13. The summed E-state index contributed by atoms with van der Waals surface area (Å²) in [4.78, 5) is 8.40. The van der Waals surface area contributed by atoms with Crippen LogP contribution in [0, 0.1) is 0 Å². The summed E-state index contributed by atoms with van der Waals surface area (Å²) in [5.41, 5.74) is 3.11. The maximum atomic E-state index is 9.06. The molecule has 0 radical (unpaired) electrons. The molecule has 2 heterocycles. The second-order valence-corrected chi connectivity index (χ2v) is 4.69. The minimum atomic E-state index is -1.44. The maximum Gasteiger partial charge on any atom is 0.488 e. The van der Waals surface area contributed by atoms with Crippen molar-refractivity contribution in [2.45, 2.75) is 6.54 Å². The molecule has 1 aromatic carbocycles. The van der Waals surface area contributed by atoms with Crippen LogP contribution in [-0.4, -0.2) is 36.9 Å². The van der Waals surface area contributed by atoms with E-state index in [1.807, 2.05) is 19.2 Å². The molecule has 0 fully saturated rings. The van der Waals surface area contributed by atoms with Crippen molar-refractivity contribution in [2.75, 3.05) is 5.32 Å². The molecule has 21 heavy (non-hydrogen) atoms. The number of fused-ring (bicyclic) bond motifs is 1. The van der Waals surface area contributed by atoms with Crippen LogP contribution in [-0.2, 0) is 13.6 Å². The van der Waals surface area contributed by atoms with Gasteiger partial charge in [-0.15, -0.1) is 0 Å². The molecule has 0 amide bonds. The third kappa shape index (κ3) is 2.71. The van der Waals surface area contributed by atoms with Gasteiger partial charge in [0.25, 0.3) is 0 Å². The molecule has 0 spiro atoms. The predicted molar refractivity (Wildman–Crippen MR) is 79.9 cm³/mol. The van der Waals surface area contributed by atoms with Gasteiger partial charge in [0.2, 0.25) is 0 Å². The van der Waals surface area contributed by atoms with E-state index < -0.39 is 7.12 Å². The van der Waals surface area contributed by atoms with Crippen molar-refractivity contribution in [3.05, 3.63) is 42.4 Å². The first-order chi connectivity index (χ1) is 10.1. The first kappa shape index (κ1) is 13.5. The Balaban J connectivity index is 1.78. The van der Waals surface area contributed by atoms with Gasteiger partial charge in [-0.1, -0.05) is 24.3 Å². The lowest BCUT2D eigenvalue weighted by Gasteiger charge is -2.08. The molecule has 0 bridgehead atoms. The third-order valence-electron chi connectivity index (χ3n) is 3.27. The van der Waals surface area contributed by atoms with Crippen LogP contribution >= 0.6 is 0 Å². The molecule has 0 atom stereocenters. The second kappa shape index (κ2) is 5.51. The Morgan fingerprint density at radius 1 is 1.19 bits per heavy atom. The number of rotatable bonds is 4. The largest absolute Gasteiger partial charge is 0.488 e. The van der Waals surface area contributed by atoms with Gasteiger partial charge in [0, 0.05) is 13.6 Å². The van der Waals surface area contributed by atoms with Gasteiger partial charge in [-0.25, -0.2) is 9.97 Å². The number of hydrogen-bond acceptors (Lipinski definition) is 6. The molecule has 0 aliphatic rings. The van der Waals surface area contributed by atoms with Gasteiger partial charge < -0.3 is 15.4 Å². The zero-order chi connectivity index (χ0) is 14.8. The van der Waals surface area contributed by atoms with Crippen LogP contribution in [0.1, 0.15) is 5.56 Å². The zero-order valence-electron chi connectivity index (χ0n) is 11.4. The standard InChI is InChI=1S/C13H14BN5O2/c1-19-12-11(7-18-19)16-8-17-13(12)15-6-9-2-4-10(5-3-9)14(20)21/h2-5,7-8,20-21H,6H2,1H3,(H,15,16,17). The number of nitrogens with one attached hydrogen (secondary N) is 1. The molecule has 3 N–H and O–H groups in total. The smallest absolute Gasteiger partial charge is 0.423 e. The Morgan fingerprint density at radius 2 is 1.95 bits per heavy atom. The minimum absolute atomic E-state index is 0.467. The molecular formula is C13H14BN5O2. The van der Waals surface area contributed by atoms with E-state index in [-0.39, 0.29) is 0 Å². The summed E-state index contributed by atoms with van der Waals surface area (Å²) in [7, 11) is 0.400. The van der Waals surface area contributed by atoms with E-state index in [1.165, 1.54) is 6.33 Å². The number of aryl methyl sites for hydroxylation is 1. The molecule has 0 unspecified atom stereocenters. The summed E-state index contributed by atoms with van der Waals surface area (Å²) >= 11 is 0. The Bertz CT molecular complexity index is 757. The lowest BCUT2D eigenvalue weighted by atomic mass is 9.80. The molecular weight excluding hydrogens is 269 g/mol. The number of nitrogens with zero attached hydrogens (tertiary/aromatic N) is 4. The molecule has 3 rings (SSSR count). The number of anilines is 1. The fourth-order valence-corrected chi connectivity index (χ4v) is 2.13. The molecule has 0 aliphatic heterocycles. The zero-order valence-corrected chi connectivity index (χ0v) is 11.4. The van der Waals surface area contributed by atoms with E-state index in [2.05, 4.69) is 20.4 Å². The summed E-state index contributed by atoms with van der Waals surface area (Å²) in [6.07, 6.45) is 3.19. The Hall–Kier alpha value is -2.45. The highest BCUT2D eigenvalue weighted by Crippen LogP contribution is 2.18. The van der Waals surface area contributed by atoms with Crippen LogP contribution in [0.4, 0.5) is 5.82 Å². The van der Waals surface area contributed by atoms with Gasteiger partial charge in [0.1, 0.15) is 17.4 Å². The van der Waals surface area contributed by atoms with Crippen molar-refractivity contribution >= 4 is 29.4 Å². The van der Waals surface area contributed by atoms with Crippen molar-refractivity contribution in [3.8, 4) is 0 Å². The minimum Gasteiger partial charge on any atom is -0.423 e. The van der Waals surface area contributed by atoms with Crippen LogP contribution in [0.15, 0.2) is 36.8 Å². The van der Waals surface area contributed by atoms with Crippen molar-refractivity contribution in [1.82, 2.24) is 19.7 Å². The van der Waals surface area contributed by atoms with Crippen LogP contribution < -0.4 is 10.8 Å². The molecule has 0 saturated carbocycles. The lowest BCUT2D eigenvalue weighted by molar-refractivity contribution is 0.426. The molecule has 0 saturated heterocycles. The molecule has 3 aromatic rings. The number of aromatic nitrogens is 4. The van der Waals surface area contributed by atoms with E-state index in [0.29, 0.717) is 17.8 Å². The Kier molecular flexibility index (Phi) is 3.55. The monoisotopic (exact) mass is 283 g/mol. The predicted octanol–water partition coefficient (Wildman–Crippen LogP) is -0.345. The maximum absolute atomic E-state index is 9.06. The van der Waals surface area contributed by atoms with Crippen molar-refractivity contribution in [1.29, 1.82) is 0 Å². The Morgan fingerprint density at radius 3 is 2.67 bits per heavy atom. The highest BCUT2D eigenvalue weighted by Gasteiger charge is 2.10. The van der Waals surface area contributed by atoms with Gasteiger partial charge in [-0.05, 0) is 11.0 Å². The topological polar surface area (TPSA) is 96.1 Å². The van der Waals surface area contributed by atoms with E-state index in [4.69, 9.17) is 10.0 Å². The third-order valence-corrected chi connectivity index (χ3v) is 3.27. The highest BCUT2D eigenvalue weighted by molar-refractivity contribution is 6.58. The van der Waals surface area contributed by atoms with Gasteiger partial charge in [-0.3, -0.25) is 4.68 Å². The molecule has 106 valence electrons. The second-order valence-electron chi connectivity index (χ2n) is 4.69. The van der Waals surface area contributed by atoms with Crippen molar-refractivity contribution in [3.63, 3.8) is 0 Å². The first-order valence-electron chi connectivity index (χ1n) is 6.46. The van der Waals surface area contributed by atoms with Crippen molar-refractivity contribution < 1.29 is 10.0 Å². The van der Waals surface area contributed by atoms with E-state index in [1.54, 1.807) is 23.0 Å². The van der Waals surface area contributed by atoms with E-state index in [9.17, 15) is 0 Å². The van der Waals surface area contributed by atoms with Crippen LogP contribution in [0.25, 0.3) is 11.0 Å². The van der Waals surface area contributed by atoms with Crippen LogP contribution in [0.2, 0.25) is 0 Å². The summed E-state index contributed by atoms with van der Waals surface area (Å²) in [6, 6.07) is 7.04. The Labute approximate surface area is 121 Å². The van der Waals surface area contributed by atoms with E-state index >= 15 is 0 Å². The normalized spacial score (nSPS) is 10.8. The molecule has 7 nitrogen and oxygen atoms in total. The number of benzene rings is 1. The van der Waals surface area contributed by atoms with Crippen LogP contribution in [0.3, 0.4) is 0 Å². The van der Waals surface area contributed by atoms with Gasteiger partial charge in [0.05, 0.1) is 6.20 Å². The van der Waals surface area contributed by atoms with Gasteiger partial charge >= 0.3 is 7.12 Å². The molecule has 0 aliphatic carbocycles. The average Bonchev–Trinajstić information content (AvgIpc) is 2.88. The van der Waals surface area contributed by atoms with Gasteiger partial charge in [-0.2, -0.15) is 5.10 Å². The highest BCUT2D eigenvalue weighted by atomic mass is 16.4. The summed E-state index contributed by atoms with van der Waals surface area (Å²) in [5, 5.41) is 25.5. The average molecular weight is 283 g/mol. The summed E-state index contributed by atoms with van der Waals surface area (Å²) < 4.78 is 1.73. The van der Waals surface area contributed by atoms with Gasteiger partial charge in [0.15, 0.2) is 5.82 Å². The summed E-state index contributed by atoms with van der Waals surface area (Å²) in [6.45, 7) is 0.569. The fraction of sp³-hybridized carbons (Fsp3) is 0.154.